The fourth-order valence-electron chi connectivity index (χ4n) is 1.64. The van der Waals surface area contributed by atoms with Crippen molar-refractivity contribution in [3.8, 4) is 0 Å². The lowest BCUT2D eigenvalue weighted by Gasteiger charge is -2.18. The smallest absolute Gasteiger partial charge is 0.273 e. The Morgan fingerprint density at radius 2 is 1.79 bits per heavy atom. The number of anilines is 2. The van der Waals surface area contributed by atoms with Gasteiger partial charge in [-0.2, -0.15) is 0 Å². The second-order valence-corrected chi connectivity index (χ2v) is 7.50. The van der Waals surface area contributed by atoms with Gasteiger partial charge in [-0.05, 0) is 42.8 Å². The van der Waals surface area contributed by atoms with Crippen molar-refractivity contribution in [2.45, 2.75) is 17.6 Å². The summed E-state index contributed by atoms with van der Waals surface area (Å²) in [4.78, 5) is 1.06. The average molecular weight is 296 g/mol. The third-order valence-corrected chi connectivity index (χ3v) is 6.34. The normalized spacial score (nSPS) is 11.5. The second kappa shape index (κ2) is 5.22. The van der Waals surface area contributed by atoms with Crippen LogP contribution in [0.15, 0.2) is 40.6 Å². The van der Waals surface area contributed by atoms with Gasteiger partial charge in [0.2, 0.25) is 0 Å². The van der Waals surface area contributed by atoms with E-state index in [0.29, 0.717) is 15.6 Å². The van der Waals surface area contributed by atoms with Crippen LogP contribution < -0.4 is 10.0 Å². The first-order chi connectivity index (χ1) is 8.95. The van der Waals surface area contributed by atoms with E-state index >= 15 is 0 Å². The molecule has 0 aliphatic rings. The highest BCUT2D eigenvalue weighted by Crippen LogP contribution is 2.28. The summed E-state index contributed by atoms with van der Waals surface area (Å²) < 4.78 is 26.5. The molecule has 0 bridgehead atoms. The van der Waals surface area contributed by atoms with Gasteiger partial charge in [0.15, 0.2) is 0 Å². The molecule has 0 aliphatic heterocycles. The molecule has 0 fully saturated rings. The number of sulfonamides is 1. The van der Waals surface area contributed by atoms with Gasteiger partial charge in [-0.15, -0.1) is 11.3 Å². The first-order valence-electron chi connectivity index (χ1n) is 5.88. The predicted octanol–water partition coefficient (Wildman–Crippen LogP) is 2.72. The van der Waals surface area contributed by atoms with Gasteiger partial charge >= 0.3 is 0 Å². The number of benzene rings is 1. The summed E-state index contributed by atoms with van der Waals surface area (Å²) >= 11 is 1.31. The summed E-state index contributed by atoms with van der Waals surface area (Å²) in [7, 11) is -1.94. The molecule has 1 aromatic heterocycles. The molecule has 0 spiro atoms. The monoisotopic (exact) mass is 296 g/mol. The molecular formula is C13H16N2O2S2. The van der Waals surface area contributed by atoms with E-state index in [2.05, 4.69) is 0 Å². The fourth-order valence-corrected chi connectivity index (χ4v) is 4.31. The highest BCUT2D eigenvalue weighted by molar-refractivity contribution is 7.94. The molecule has 0 saturated heterocycles. The standard InChI is InChI=1S/C13H16N2O2S2/c1-3-12-8-9-13(18-12)19(16,17)15(2)11-6-4-10(14)5-7-11/h4-9H,3,14H2,1-2H3. The molecule has 19 heavy (non-hydrogen) atoms. The Morgan fingerprint density at radius 3 is 2.32 bits per heavy atom. The fraction of sp³-hybridized carbons (Fsp3) is 0.231. The average Bonchev–Trinajstić information content (AvgIpc) is 2.88. The summed E-state index contributed by atoms with van der Waals surface area (Å²) in [6, 6.07) is 10.3. The molecule has 6 heteroatoms. The Balaban J connectivity index is 2.36. The topological polar surface area (TPSA) is 63.4 Å². The molecule has 4 nitrogen and oxygen atoms in total. The number of hydrogen-bond donors (Lipinski definition) is 1. The minimum absolute atomic E-state index is 0.365. The molecule has 2 N–H and O–H groups in total. The molecule has 102 valence electrons. The van der Waals surface area contributed by atoms with Crippen LogP contribution in [0.2, 0.25) is 0 Å². The minimum atomic E-state index is -3.48. The van der Waals surface area contributed by atoms with E-state index in [-0.39, 0.29) is 0 Å². The van der Waals surface area contributed by atoms with E-state index < -0.39 is 10.0 Å². The zero-order chi connectivity index (χ0) is 14.0. The van der Waals surface area contributed by atoms with Crippen LogP contribution in [0, 0.1) is 0 Å². The van der Waals surface area contributed by atoms with Gasteiger partial charge < -0.3 is 5.73 Å². The van der Waals surface area contributed by atoms with Crippen LogP contribution in [0.25, 0.3) is 0 Å². The highest BCUT2D eigenvalue weighted by Gasteiger charge is 2.22. The lowest BCUT2D eigenvalue weighted by atomic mass is 10.3. The number of thiophene rings is 1. The van der Waals surface area contributed by atoms with Crippen LogP contribution in [0.4, 0.5) is 11.4 Å². The maximum atomic E-state index is 12.5. The summed E-state index contributed by atoms with van der Waals surface area (Å²) in [6.45, 7) is 2.01. The Morgan fingerprint density at radius 1 is 1.16 bits per heavy atom. The highest BCUT2D eigenvalue weighted by atomic mass is 32.2. The zero-order valence-corrected chi connectivity index (χ0v) is 12.5. The van der Waals surface area contributed by atoms with Crippen LogP contribution in [-0.4, -0.2) is 15.5 Å². The van der Waals surface area contributed by atoms with Gasteiger partial charge in [0.1, 0.15) is 4.21 Å². The summed E-state index contributed by atoms with van der Waals surface area (Å²) in [6.07, 6.45) is 0.839. The van der Waals surface area contributed by atoms with E-state index in [4.69, 9.17) is 5.73 Å². The molecule has 0 atom stereocenters. The van der Waals surface area contributed by atoms with E-state index in [0.717, 1.165) is 11.3 Å². The minimum Gasteiger partial charge on any atom is -0.399 e. The third-order valence-electron chi connectivity index (χ3n) is 2.86. The first kappa shape index (κ1) is 13.9. The quantitative estimate of drug-likeness (QED) is 0.882. The molecule has 2 aromatic rings. The number of aryl methyl sites for hydroxylation is 1. The molecule has 1 heterocycles. The van der Waals surface area contributed by atoms with Crippen molar-refractivity contribution in [3.05, 3.63) is 41.3 Å². The Hall–Kier alpha value is -1.53. The lowest BCUT2D eigenvalue weighted by molar-refractivity contribution is 0.596. The maximum absolute atomic E-state index is 12.5. The van der Waals surface area contributed by atoms with Crippen molar-refractivity contribution in [2.24, 2.45) is 0 Å². The van der Waals surface area contributed by atoms with Crippen molar-refractivity contribution < 1.29 is 8.42 Å². The summed E-state index contributed by atoms with van der Waals surface area (Å²) in [5.74, 6) is 0. The molecule has 0 saturated carbocycles. The maximum Gasteiger partial charge on any atom is 0.273 e. The van der Waals surface area contributed by atoms with Crippen molar-refractivity contribution in [3.63, 3.8) is 0 Å². The zero-order valence-electron chi connectivity index (χ0n) is 10.8. The van der Waals surface area contributed by atoms with Gasteiger partial charge in [-0.1, -0.05) is 6.92 Å². The van der Waals surface area contributed by atoms with Gasteiger partial charge in [0.05, 0.1) is 5.69 Å². The predicted molar refractivity (Wildman–Crippen MR) is 80.1 cm³/mol. The van der Waals surface area contributed by atoms with Crippen LogP contribution in [0.3, 0.4) is 0 Å². The number of hydrogen-bond acceptors (Lipinski definition) is 4. The number of nitrogens with two attached hydrogens (primary N) is 1. The molecule has 2 rings (SSSR count). The van der Waals surface area contributed by atoms with Crippen LogP contribution >= 0.6 is 11.3 Å². The lowest BCUT2D eigenvalue weighted by Crippen LogP contribution is -2.25. The molecule has 0 radical (unpaired) electrons. The molecule has 0 unspecified atom stereocenters. The van der Waals surface area contributed by atoms with Crippen molar-refractivity contribution in [2.75, 3.05) is 17.1 Å². The van der Waals surface area contributed by atoms with Gasteiger partial charge in [0, 0.05) is 17.6 Å². The number of rotatable bonds is 4. The van der Waals surface area contributed by atoms with E-state index in [1.54, 1.807) is 37.4 Å². The van der Waals surface area contributed by atoms with Crippen molar-refractivity contribution >= 4 is 32.7 Å². The number of nitrogen functional groups attached to an aromatic ring is 1. The Labute approximate surface area is 117 Å². The third kappa shape index (κ3) is 2.74. The van der Waals surface area contributed by atoms with Gasteiger partial charge in [-0.25, -0.2) is 8.42 Å². The second-order valence-electron chi connectivity index (χ2n) is 4.14. The molecule has 0 amide bonds. The van der Waals surface area contributed by atoms with Crippen molar-refractivity contribution in [1.29, 1.82) is 0 Å². The summed E-state index contributed by atoms with van der Waals surface area (Å²) in [5, 5.41) is 0. The Kier molecular flexibility index (Phi) is 3.82. The SMILES string of the molecule is CCc1ccc(S(=O)(=O)N(C)c2ccc(N)cc2)s1. The molecule has 1 aromatic carbocycles. The van der Waals surface area contributed by atoms with Crippen LogP contribution in [0.5, 0.6) is 0 Å². The van der Waals surface area contributed by atoms with Gasteiger partial charge in [-0.3, -0.25) is 4.31 Å². The summed E-state index contributed by atoms with van der Waals surface area (Å²) in [5.41, 5.74) is 6.81. The van der Waals surface area contributed by atoms with E-state index in [9.17, 15) is 8.42 Å². The van der Waals surface area contributed by atoms with Crippen LogP contribution in [-0.2, 0) is 16.4 Å². The Bertz CT molecular complexity index is 660. The van der Waals surface area contributed by atoms with E-state index in [1.165, 1.54) is 15.6 Å². The van der Waals surface area contributed by atoms with E-state index in [1.807, 2.05) is 13.0 Å². The number of nitrogens with zero attached hydrogens (tertiary/aromatic N) is 1. The molecular weight excluding hydrogens is 280 g/mol. The largest absolute Gasteiger partial charge is 0.399 e. The van der Waals surface area contributed by atoms with Gasteiger partial charge in [0.25, 0.3) is 10.0 Å². The van der Waals surface area contributed by atoms with Crippen LogP contribution in [0.1, 0.15) is 11.8 Å². The molecule has 0 aliphatic carbocycles. The van der Waals surface area contributed by atoms with Crippen molar-refractivity contribution in [1.82, 2.24) is 0 Å². The first-order valence-corrected chi connectivity index (χ1v) is 8.14.